The van der Waals surface area contributed by atoms with E-state index < -0.39 is 0 Å². The lowest BCUT2D eigenvalue weighted by atomic mass is 10.0. The number of piperidine rings is 1. The molecule has 2 heterocycles. The van der Waals surface area contributed by atoms with Gasteiger partial charge in [-0.1, -0.05) is 24.3 Å². The third-order valence-electron chi connectivity index (χ3n) is 6.66. The SMILES string of the molecule is CCOc1ccccc1OC1CCN(C(=O)CCC(=O)C(C#N)=C2N(C)c3ccccc3N2C)CC1. The standard InChI is InChI=1S/C28H32N4O4/c1-4-35-25-11-7-8-12-26(25)36-20-15-17-32(18-16-20)27(34)14-13-24(33)21(19-29)28-30(2)22-9-5-6-10-23(22)31(28)3/h5-12,20H,4,13-18H2,1-3H3. The van der Waals surface area contributed by atoms with Crippen molar-refractivity contribution >= 4 is 23.1 Å². The molecule has 4 rings (SSSR count). The molecule has 2 aliphatic rings. The summed E-state index contributed by atoms with van der Waals surface area (Å²) < 4.78 is 11.8. The van der Waals surface area contributed by atoms with Crippen LogP contribution < -0.4 is 19.3 Å². The second-order valence-electron chi connectivity index (χ2n) is 8.92. The van der Waals surface area contributed by atoms with Crippen LogP contribution in [0.5, 0.6) is 11.5 Å². The molecule has 36 heavy (non-hydrogen) atoms. The van der Waals surface area contributed by atoms with Crippen LogP contribution in [0.1, 0.15) is 32.6 Å². The molecule has 1 saturated heterocycles. The normalized spacial score (nSPS) is 15.4. The molecule has 1 amide bonds. The molecule has 8 heteroatoms. The van der Waals surface area contributed by atoms with Crippen molar-refractivity contribution in [1.82, 2.24) is 4.90 Å². The molecule has 2 aromatic rings. The molecule has 2 aromatic carbocycles. The highest BCUT2D eigenvalue weighted by atomic mass is 16.5. The van der Waals surface area contributed by atoms with Crippen LogP contribution >= 0.6 is 0 Å². The van der Waals surface area contributed by atoms with Crippen molar-refractivity contribution < 1.29 is 19.1 Å². The highest BCUT2D eigenvalue weighted by Crippen LogP contribution is 2.40. The van der Waals surface area contributed by atoms with Gasteiger partial charge in [0.25, 0.3) is 0 Å². The van der Waals surface area contributed by atoms with Crippen molar-refractivity contribution in [3.63, 3.8) is 0 Å². The first-order valence-electron chi connectivity index (χ1n) is 12.3. The number of rotatable bonds is 8. The van der Waals surface area contributed by atoms with E-state index in [-0.39, 0.29) is 36.2 Å². The third-order valence-corrected chi connectivity index (χ3v) is 6.66. The van der Waals surface area contributed by atoms with Crippen LogP contribution in [0.25, 0.3) is 0 Å². The van der Waals surface area contributed by atoms with Crippen molar-refractivity contribution in [2.45, 2.75) is 38.7 Å². The second kappa shape index (κ2) is 11.2. The lowest BCUT2D eigenvalue weighted by molar-refractivity contribution is -0.134. The van der Waals surface area contributed by atoms with Crippen molar-refractivity contribution in [2.24, 2.45) is 0 Å². The van der Waals surface area contributed by atoms with E-state index in [1.807, 2.05) is 79.3 Å². The van der Waals surface area contributed by atoms with Gasteiger partial charge in [0.15, 0.2) is 17.3 Å². The Morgan fingerprint density at radius 1 is 0.944 bits per heavy atom. The van der Waals surface area contributed by atoms with Gasteiger partial charge >= 0.3 is 0 Å². The van der Waals surface area contributed by atoms with Gasteiger partial charge < -0.3 is 24.2 Å². The van der Waals surface area contributed by atoms with Crippen LogP contribution in [0.4, 0.5) is 11.4 Å². The molecular formula is C28H32N4O4. The van der Waals surface area contributed by atoms with Crippen LogP contribution in [0.15, 0.2) is 59.9 Å². The largest absolute Gasteiger partial charge is 0.490 e. The maximum absolute atomic E-state index is 13.0. The van der Waals surface area contributed by atoms with Crippen molar-refractivity contribution in [2.75, 3.05) is 43.6 Å². The number of benzene rings is 2. The summed E-state index contributed by atoms with van der Waals surface area (Å²) in [6, 6.07) is 17.4. The van der Waals surface area contributed by atoms with E-state index in [0.717, 1.165) is 22.9 Å². The zero-order valence-electron chi connectivity index (χ0n) is 21.1. The van der Waals surface area contributed by atoms with Crippen LogP contribution in [-0.4, -0.2) is 56.5 Å². The lowest BCUT2D eigenvalue weighted by Crippen LogP contribution is -2.42. The van der Waals surface area contributed by atoms with E-state index in [1.54, 1.807) is 4.90 Å². The number of nitriles is 1. The first kappa shape index (κ1) is 25.1. The molecule has 0 radical (unpaired) electrons. The molecule has 8 nitrogen and oxygen atoms in total. The van der Waals surface area contributed by atoms with E-state index in [0.29, 0.717) is 38.4 Å². The van der Waals surface area contributed by atoms with Gasteiger partial charge in [0.1, 0.15) is 23.6 Å². The fourth-order valence-corrected chi connectivity index (χ4v) is 4.79. The minimum absolute atomic E-state index is 0.00140. The quantitative estimate of drug-likeness (QED) is 0.408. The van der Waals surface area contributed by atoms with Gasteiger partial charge in [-0.05, 0) is 31.2 Å². The average molecular weight is 489 g/mol. The number of para-hydroxylation sites is 4. The summed E-state index contributed by atoms with van der Waals surface area (Å²) in [7, 11) is 3.68. The number of hydrogen-bond acceptors (Lipinski definition) is 7. The molecule has 2 aliphatic heterocycles. The summed E-state index contributed by atoms with van der Waals surface area (Å²) in [4.78, 5) is 31.3. The summed E-state index contributed by atoms with van der Waals surface area (Å²) in [5, 5.41) is 9.79. The number of hydrogen-bond donors (Lipinski definition) is 0. The van der Waals surface area contributed by atoms with Gasteiger partial charge in [-0.25, -0.2) is 0 Å². The Balaban J connectivity index is 1.31. The highest BCUT2D eigenvalue weighted by Gasteiger charge is 2.32. The summed E-state index contributed by atoms with van der Waals surface area (Å²) in [5.41, 5.74) is 1.94. The molecule has 0 spiro atoms. The highest BCUT2D eigenvalue weighted by molar-refractivity contribution is 6.03. The van der Waals surface area contributed by atoms with Crippen LogP contribution in [0.3, 0.4) is 0 Å². The van der Waals surface area contributed by atoms with E-state index in [4.69, 9.17) is 9.47 Å². The van der Waals surface area contributed by atoms with Gasteiger partial charge in [0.2, 0.25) is 5.91 Å². The number of carbonyl (C=O) groups is 2. The molecule has 1 fully saturated rings. The van der Waals surface area contributed by atoms with Gasteiger partial charge in [-0.3, -0.25) is 9.59 Å². The molecule has 0 atom stereocenters. The monoisotopic (exact) mass is 488 g/mol. The van der Waals surface area contributed by atoms with Crippen LogP contribution in [-0.2, 0) is 9.59 Å². The number of fused-ring (bicyclic) bond motifs is 1. The zero-order chi connectivity index (χ0) is 25.7. The predicted molar refractivity (Wildman–Crippen MR) is 138 cm³/mol. The number of anilines is 2. The smallest absolute Gasteiger partial charge is 0.223 e. The fraction of sp³-hybridized carbons (Fsp3) is 0.393. The predicted octanol–water partition coefficient (Wildman–Crippen LogP) is 4.13. The van der Waals surface area contributed by atoms with E-state index in [1.165, 1.54) is 0 Å². The van der Waals surface area contributed by atoms with Gasteiger partial charge in [0.05, 0.1) is 18.0 Å². The lowest BCUT2D eigenvalue weighted by Gasteiger charge is -2.32. The minimum Gasteiger partial charge on any atom is -0.490 e. The molecule has 0 saturated carbocycles. The number of ketones is 1. The molecule has 0 unspecified atom stereocenters. The summed E-state index contributed by atoms with van der Waals surface area (Å²) in [6.45, 7) is 3.64. The number of amides is 1. The first-order chi connectivity index (χ1) is 17.4. The topological polar surface area (TPSA) is 86.1 Å². The Morgan fingerprint density at radius 2 is 1.53 bits per heavy atom. The third kappa shape index (κ3) is 5.15. The molecule has 0 bridgehead atoms. The maximum atomic E-state index is 13.0. The van der Waals surface area contributed by atoms with Crippen molar-refractivity contribution in [3.05, 3.63) is 59.9 Å². The Labute approximate surface area is 212 Å². The number of Topliss-reactive ketones (excluding diaryl/α,β-unsaturated/α-hetero) is 1. The molecule has 0 aromatic heterocycles. The van der Waals surface area contributed by atoms with E-state index in [2.05, 4.69) is 6.07 Å². The Bertz CT molecular complexity index is 1160. The van der Waals surface area contributed by atoms with Crippen molar-refractivity contribution in [1.29, 1.82) is 5.26 Å². The van der Waals surface area contributed by atoms with Crippen LogP contribution in [0.2, 0.25) is 0 Å². The van der Waals surface area contributed by atoms with Crippen LogP contribution in [0, 0.1) is 11.3 Å². The summed E-state index contributed by atoms with van der Waals surface area (Å²) in [5.74, 6) is 1.59. The molecule has 0 aliphatic carbocycles. The molecule has 188 valence electrons. The molecular weight excluding hydrogens is 456 g/mol. The van der Waals surface area contributed by atoms with Gasteiger partial charge in [-0.15, -0.1) is 0 Å². The number of carbonyl (C=O) groups excluding carboxylic acids is 2. The van der Waals surface area contributed by atoms with Crippen molar-refractivity contribution in [3.8, 4) is 17.6 Å². The zero-order valence-corrected chi connectivity index (χ0v) is 21.1. The number of likely N-dealkylation sites (tertiary alicyclic amines) is 1. The number of ether oxygens (including phenoxy) is 2. The molecule has 0 N–H and O–H groups in total. The summed E-state index contributed by atoms with van der Waals surface area (Å²) in [6.07, 6.45) is 1.50. The van der Waals surface area contributed by atoms with E-state index in [9.17, 15) is 14.9 Å². The average Bonchev–Trinajstić information content (AvgIpc) is 3.15. The Morgan fingerprint density at radius 3 is 2.11 bits per heavy atom. The fourth-order valence-electron chi connectivity index (χ4n) is 4.79. The number of allylic oxidation sites excluding steroid dienone is 1. The number of nitrogens with zero attached hydrogens (tertiary/aromatic N) is 4. The Kier molecular flexibility index (Phi) is 7.79. The summed E-state index contributed by atoms with van der Waals surface area (Å²) >= 11 is 0. The maximum Gasteiger partial charge on any atom is 0.223 e. The first-order valence-corrected chi connectivity index (χ1v) is 12.3. The second-order valence-corrected chi connectivity index (χ2v) is 8.92. The Hall–Kier alpha value is -3.99. The van der Waals surface area contributed by atoms with Gasteiger partial charge in [0, 0.05) is 52.9 Å². The van der Waals surface area contributed by atoms with E-state index >= 15 is 0 Å². The van der Waals surface area contributed by atoms with Gasteiger partial charge in [-0.2, -0.15) is 5.26 Å². The minimum atomic E-state index is -0.321.